The van der Waals surface area contributed by atoms with Crippen molar-refractivity contribution in [3.8, 4) is 0 Å². The molecule has 1 aromatic carbocycles. The van der Waals surface area contributed by atoms with Gasteiger partial charge in [-0.25, -0.2) is 12.8 Å². The predicted octanol–water partition coefficient (Wildman–Crippen LogP) is 0.991. The third kappa shape index (κ3) is 3.28. The summed E-state index contributed by atoms with van der Waals surface area (Å²) in [6.07, 6.45) is 1.61. The van der Waals surface area contributed by atoms with Gasteiger partial charge in [0.15, 0.2) is 9.84 Å². The lowest BCUT2D eigenvalue weighted by Crippen LogP contribution is -2.11. The van der Waals surface area contributed by atoms with Gasteiger partial charge in [0.05, 0.1) is 4.90 Å². The molecule has 0 aliphatic carbocycles. The van der Waals surface area contributed by atoms with Crippen LogP contribution in [0.1, 0.15) is 5.56 Å². The highest BCUT2D eigenvalue weighted by Crippen LogP contribution is 2.14. The highest BCUT2D eigenvalue weighted by molar-refractivity contribution is 7.90. The van der Waals surface area contributed by atoms with Crippen LogP contribution < -0.4 is 5.32 Å². The Bertz CT molecular complexity index is 443. The van der Waals surface area contributed by atoms with Gasteiger partial charge in [0.2, 0.25) is 0 Å². The third-order valence-electron chi connectivity index (χ3n) is 2.10. The molecule has 0 spiro atoms. The summed E-state index contributed by atoms with van der Waals surface area (Å²) >= 11 is 0. The van der Waals surface area contributed by atoms with Crippen LogP contribution in [0.25, 0.3) is 0 Å². The van der Waals surface area contributed by atoms with Gasteiger partial charge in [-0.15, -0.1) is 0 Å². The number of hydrogen-bond donors (Lipinski definition) is 1. The van der Waals surface area contributed by atoms with E-state index in [0.29, 0.717) is 18.5 Å². The molecule has 5 heteroatoms. The molecule has 0 unspecified atom stereocenters. The number of likely N-dealkylation sites (N-methyl/N-ethyl adjacent to an activating group) is 1. The van der Waals surface area contributed by atoms with Crippen molar-refractivity contribution >= 4 is 9.84 Å². The molecule has 0 heterocycles. The molecular formula is C10H14FNO2S. The smallest absolute Gasteiger partial charge is 0.175 e. The minimum atomic E-state index is -3.32. The van der Waals surface area contributed by atoms with E-state index in [1.165, 1.54) is 12.1 Å². The van der Waals surface area contributed by atoms with Crippen molar-refractivity contribution in [3.63, 3.8) is 0 Å². The lowest BCUT2D eigenvalue weighted by atomic mass is 10.1. The number of rotatable bonds is 4. The van der Waals surface area contributed by atoms with E-state index >= 15 is 0 Å². The number of halogens is 1. The monoisotopic (exact) mass is 231 g/mol. The number of nitrogens with one attached hydrogen (secondary N) is 1. The Morgan fingerprint density at radius 3 is 2.53 bits per heavy atom. The average molecular weight is 231 g/mol. The van der Waals surface area contributed by atoms with Crippen molar-refractivity contribution in [2.75, 3.05) is 19.8 Å². The van der Waals surface area contributed by atoms with Crippen LogP contribution in [0.15, 0.2) is 23.1 Å². The molecule has 0 radical (unpaired) electrons. The molecule has 0 saturated heterocycles. The Balaban J connectivity index is 2.99. The van der Waals surface area contributed by atoms with E-state index in [9.17, 15) is 12.8 Å². The Morgan fingerprint density at radius 1 is 1.40 bits per heavy atom. The van der Waals surface area contributed by atoms with Crippen molar-refractivity contribution < 1.29 is 12.8 Å². The molecule has 15 heavy (non-hydrogen) atoms. The summed E-state index contributed by atoms with van der Waals surface area (Å²) in [5, 5.41) is 2.90. The van der Waals surface area contributed by atoms with E-state index in [4.69, 9.17) is 0 Å². The van der Waals surface area contributed by atoms with Crippen LogP contribution in [0, 0.1) is 5.82 Å². The summed E-state index contributed by atoms with van der Waals surface area (Å²) in [5.74, 6) is -0.465. The second-order valence-electron chi connectivity index (χ2n) is 3.38. The maximum atomic E-state index is 13.4. The van der Waals surface area contributed by atoms with Gasteiger partial charge in [0.1, 0.15) is 5.82 Å². The van der Waals surface area contributed by atoms with Crippen molar-refractivity contribution in [3.05, 3.63) is 29.6 Å². The molecule has 0 amide bonds. The van der Waals surface area contributed by atoms with Gasteiger partial charge in [-0.05, 0) is 37.7 Å². The highest BCUT2D eigenvalue weighted by atomic mass is 32.2. The van der Waals surface area contributed by atoms with Gasteiger partial charge in [-0.3, -0.25) is 0 Å². The summed E-state index contributed by atoms with van der Waals surface area (Å²) in [4.78, 5) is 0.0215. The van der Waals surface area contributed by atoms with E-state index in [0.717, 1.165) is 12.3 Å². The fraction of sp³-hybridized carbons (Fsp3) is 0.400. The lowest BCUT2D eigenvalue weighted by Gasteiger charge is -2.04. The van der Waals surface area contributed by atoms with Gasteiger partial charge >= 0.3 is 0 Å². The molecule has 0 aromatic heterocycles. The predicted molar refractivity (Wildman–Crippen MR) is 57.1 cm³/mol. The topological polar surface area (TPSA) is 46.2 Å². The lowest BCUT2D eigenvalue weighted by molar-refractivity contribution is 0.588. The molecule has 0 saturated carbocycles. The zero-order chi connectivity index (χ0) is 11.5. The fourth-order valence-electron chi connectivity index (χ4n) is 1.22. The molecule has 0 aliphatic heterocycles. The summed E-state index contributed by atoms with van der Waals surface area (Å²) < 4.78 is 35.7. The molecule has 1 rings (SSSR count). The summed E-state index contributed by atoms with van der Waals surface area (Å²) in [5.41, 5.74) is 0.525. The van der Waals surface area contributed by atoms with E-state index in [-0.39, 0.29) is 4.90 Å². The number of sulfone groups is 1. The van der Waals surface area contributed by atoms with Crippen LogP contribution in [-0.2, 0) is 16.3 Å². The Hall–Kier alpha value is -0.940. The van der Waals surface area contributed by atoms with Gasteiger partial charge < -0.3 is 5.32 Å². The van der Waals surface area contributed by atoms with E-state index < -0.39 is 15.7 Å². The van der Waals surface area contributed by atoms with Gasteiger partial charge in [-0.2, -0.15) is 0 Å². The van der Waals surface area contributed by atoms with Crippen molar-refractivity contribution in [2.24, 2.45) is 0 Å². The standard InChI is InChI=1S/C10H14FNO2S/c1-12-6-5-8-3-4-9(7-10(8)11)15(2,13)14/h3-4,7,12H,5-6H2,1-2H3. The summed E-state index contributed by atoms with van der Waals surface area (Å²) in [6, 6.07) is 4.02. The average Bonchev–Trinajstić information content (AvgIpc) is 2.14. The largest absolute Gasteiger partial charge is 0.319 e. The Morgan fingerprint density at radius 2 is 2.07 bits per heavy atom. The zero-order valence-corrected chi connectivity index (χ0v) is 9.57. The molecule has 0 fully saturated rings. The third-order valence-corrected chi connectivity index (χ3v) is 3.21. The summed E-state index contributed by atoms with van der Waals surface area (Å²) in [6.45, 7) is 0.662. The maximum absolute atomic E-state index is 13.4. The quantitative estimate of drug-likeness (QED) is 0.840. The zero-order valence-electron chi connectivity index (χ0n) is 8.75. The normalized spacial score (nSPS) is 11.7. The van der Waals surface area contributed by atoms with E-state index in [2.05, 4.69) is 5.32 Å². The molecule has 0 aliphatic rings. The summed E-state index contributed by atoms with van der Waals surface area (Å²) in [7, 11) is -1.54. The first kappa shape index (κ1) is 12.1. The SMILES string of the molecule is CNCCc1ccc(S(C)(=O)=O)cc1F. The highest BCUT2D eigenvalue weighted by Gasteiger charge is 2.10. The molecule has 0 atom stereocenters. The van der Waals surface area contributed by atoms with Crippen LogP contribution >= 0.6 is 0 Å². The Labute approximate surface area is 89.2 Å². The fourth-order valence-corrected chi connectivity index (χ4v) is 1.85. The van der Waals surface area contributed by atoms with Crippen LogP contribution in [0.5, 0.6) is 0 Å². The maximum Gasteiger partial charge on any atom is 0.175 e. The molecule has 1 aromatic rings. The molecule has 0 bridgehead atoms. The molecule has 84 valence electrons. The van der Waals surface area contributed by atoms with Crippen molar-refractivity contribution in [1.82, 2.24) is 5.32 Å². The second kappa shape index (κ2) is 4.72. The van der Waals surface area contributed by atoms with E-state index in [1.54, 1.807) is 7.05 Å². The molecule has 1 N–H and O–H groups in total. The van der Waals surface area contributed by atoms with Crippen molar-refractivity contribution in [2.45, 2.75) is 11.3 Å². The van der Waals surface area contributed by atoms with Crippen molar-refractivity contribution in [1.29, 1.82) is 0 Å². The molecular weight excluding hydrogens is 217 g/mol. The van der Waals surface area contributed by atoms with Crippen LogP contribution in [0.2, 0.25) is 0 Å². The van der Waals surface area contributed by atoms with E-state index in [1.807, 2.05) is 0 Å². The first-order chi connectivity index (χ1) is 6.95. The molecule has 3 nitrogen and oxygen atoms in total. The van der Waals surface area contributed by atoms with Gasteiger partial charge in [-0.1, -0.05) is 6.07 Å². The van der Waals surface area contributed by atoms with Crippen LogP contribution in [-0.4, -0.2) is 28.3 Å². The minimum Gasteiger partial charge on any atom is -0.319 e. The Kier molecular flexibility index (Phi) is 3.82. The van der Waals surface area contributed by atoms with Crippen LogP contribution in [0.3, 0.4) is 0 Å². The number of benzene rings is 1. The van der Waals surface area contributed by atoms with Gasteiger partial charge in [0, 0.05) is 6.26 Å². The van der Waals surface area contributed by atoms with Gasteiger partial charge in [0.25, 0.3) is 0 Å². The second-order valence-corrected chi connectivity index (χ2v) is 5.39. The number of hydrogen-bond acceptors (Lipinski definition) is 3. The minimum absolute atomic E-state index is 0.0215. The first-order valence-electron chi connectivity index (χ1n) is 4.58. The van der Waals surface area contributed by atoms with Crippen LogP contribution in [0.4, 0.5) is 4.39 Å². The first-order valence-corrected chi connectivity index (χ1v) is 6.47.